The van der Waals surface area contributed by atoms with Crippen LogP contribution in [0.4, 0.5) is 0 Å². The molecule has 1 saturated carbocycles. The van der Waals surface area contributed by atoms with Gasteiger partial charge in [0.15, 0.2) is 15.3 Å². The lowest BCUT2D eigenvalue weighted by Crippen LogP contribution is -2.21. The van der Waals surface area contributed by atoms with Crippen LogP contribution in [-0.2, 0) is 9.84 Å². The lowest BCUT2D eigenvalue weighted by Gasteiger charge is -2.15. The quantitative estimate of drug-likeness (QED) is 0.809. The van der Waals surface area contributed by atoms with Crippen LogP contribution < -0.4 is 0 Å². The van der Waals surface area contributed by atoms with Crippen LogP contribution in [0.15, 0.2) is 4.99 Å². The van der Waals surface area contributed by atoms with E-state index in [2.05, 4.69) is 4.99 Å². The highest BCUT2D eigenvalue weighted by Gasteiger charge is 2.17. The van der Waals surface area contributed by atoms with Crippen molar-refractivity contribution in [2.24, 2.45) is 4.99 Å². The van der Waals surface area contributed by atoms with Crippen LogP contribution in [0, 0.1) is 0 Å². The highest BCUT2D eigenvalue weighted by molar-refractivity contribution is 7.91. The van der Waals surface area contributed by atoms with E-state index in [1.165, 1.54) is 31.9 Å². The summed E-state index contributed by atoms with van der Waals surface area (Å²) in [6, 6.07) is 0.197. The van der Waals surface area contributed by atoms with Crippen LogP contribution in [0.2, 0.25) is 0 Å². The number of nitrogens with zero attached hydrogens (tertiary/aromatic N) is 1. The number of hydrogen-bond donors (Lipinski definition) is 1. The van der Waals surface area contributed by atoms with Crippen molar-refractivity contribution in [2.45, 2.75) is 70.3 Å². The van der Waals surface area contributed by atoms with Crippen molar-refractivity contribution in [2.75, 3.05) is 5.75 Å². The Morgan fingerprint density at radius 2 is 1.83 bits per heavy atom. The smallest absolute Gasteiger partial charge is 0.176 e. The maximum absolute atomic E-state index is 11.4. The average molecular weight is 275 g/mol. The molecule has 0 radical (unpaired) electrons. The predicted octanol–water partition coefficient (Wildman–Crippen LogP) is 2.31. The van der Waals surface area contributed by atoms with Crippen LogP contribution in [0.3, 0.4) is 0 Å². The maximum atomic E-state index is 11.4. The molecule has 0 aromatic rings. The van der Waals surface area contributed by atoms with E-state index in [-0.39, 0.29) is 11.8 Å². The summed E-state index contributed by atoms with van der Waals surface area (Å²) >= 11 is 0. The fourth-order valence-corrected chi connectivity index (χ4v) is 3.13. The van der Waals surface area contributed by atoms with Gasteiger partial charge in [0.25, 0.3) is 0 Å². The zero-order valence-corrected chi connectivity index (χ0v) is 12.2. The number of sulfone groups is 1. The van der Waals surface area contributed by atoms with E-state index in [4.69, 9.17) is 5.11 Å². The predicted molar refractivity (Wildman–Crippen MR) is 74.7 cm³/mol. The molecule has 0 aromatic carbocycles. The zero-order valence-electron chi connectivity index (χ0n) is 11.4. The Morgan fingerprint density at radius 1 is 1.22 bits per heavy atom. The number of hydrogen-bond acceptors (Lipinski definition) is 4. The van der Waals surface area contributed by atoms with E-state index in [0.29, 0.717) is 6.42 Å². The number of rotatable bonds is 6. The summed E-state index contributed by atoms with van der Waals surface area (Å²) in [5.74, 6) is 0.0554. The molecule has 0 heterocycles. The summed E-state index contributed by atoms with van der Waals surface area (Å²) in [5.41, 5.74) is 0.0459. The molecular weight excluding hydrogens is 250 g/mol. The Bertz CT molecular complexity index is 366. The molecule has 5 heteroatoms. The van der Waals surface area contributed by atoms with Crippen molar-refractivity contribution >= 4 is 15.5 Å². The molecule has 0 amide bonds. The van der Waals surface area contributed by atoms with Gasteiger partial charge in [0.05, 0.1) is 5.75 Å². The Morgan fingerprint density at radius 3 is 2.39 bits per heavy atom. The standard InChI is InChI=1S/C13H25NO3S/c1-11(14-13-8-4-3-5-9-13)7-6-10-18(16,17)12(2)15/h11-12,15H,3-10H2,1-2H3. The molecule has 1 aliphatic rings. The Hall–Kier alpha value is -0.420. The van der Waals surface area contributed by atoms with E-state index in [1.54, 1.807) is 0 Å². The third-order valence-electron chi connectivity index (χ3n) is 3.40. The second kappa shape index (κ2) is 7.24. The van der Waals surface area contributed by atoms with E-state index in [1.807, 2.05) is 6.92 Å². The first-order valence-electron chi connectivity index (χ1n) is 6.87. The first kappa shape index (κ1) is 15.6. The normalized spacial score (nSPS) is 20.5. The van der Waals surface area contributed by atoms with Crippen LogP contribution >= 0.6 is 0 Å². The highest BCUT2D eigenvalue weighted by atomic mass is 32.2. The fourth-order valence-electron chi connectivity index (χ4n) is 2.22. The van der Waals surface area contributed by atoms with Crippen molar-refractivity contribution in [3.05, 3.63) is 0 Å². The fraction of sp³-hybridized carbons (Fsp3) is 0.923. The summed E-state index contributed by atoms with van der Waals surface area (Å²) < 4.78 is 22.8. The van der Waals surface area contributed by atoms with Crippen molar-refractivity contribution in [1.29, 1.82) is 0 Å². The monoisotopic (exact) mass is 275 g/mol. The van der Waals surface area contributed by atoms with Gasteiger partial charge >= 0.3 is 0 Å². The minimum Gasteiger partial charge on any atom is -0.377 e. The zero-order chi connectivity index (χ0) is 13.6. The largest absolute Gasteiger partial charge is 0.377 e. The molecule has 0 aliphatic heterocycles. The van der Waals surface area contributed by atoms with Crippen LogP contribution in [0.1, 0.15) is 58.8 Å². The second-order valence-electron chi connectivity index (χ2n) is 5.21. The molecule has 18 heavy (non-hydrogen) atoms. The van der Waals surface area contributed by atoms with E-state index in [9.17, 15) is 8.42 Å². The minimum absolute atomic E-state index is 0.0554. The van der Waals surface area contributed by atoms with Gasteiger partial charge in [-0.2, -0.15) is 0 Å². The first-order chi connectivity index (χ1) is 8.42. The molecule has 0 saturated heterocycles. The second-order valence-corrected chi connectivity index (χ2v) is 7.63. The molecule has 2 unspecified atom stereocenters. The van der Waals surface area contributed by atoms with Gasteiger partial charge in [-0.25, -0.2) is 8.42 Å². The van der Waals surface area contributed by atoms with Gasteiger partial charge in [-0.1, -0.05) is 6.42 Å². The van der Waals surface area contributed by atoms with Gasteiger partial charge in [-0.05, 0) is 52.4 Å². The van der Waals surface area contributed by atoms with Crippen molar-refractivity contribution in [1.82, 2.24) is 0 Å². The average Bonchev–Trinajstić information content (AvgIpc) is 2.29. The molecule has 1 fully saturated rings. The van der Waals surface area contributed by atoms with Gasteiger partial charge in [0, 0.05) is 11.8 Å². The van der Waals surface area contributed by atoms with Gasteiger partial charge in [-0.15, -0.1) is 0 Å². The SMILES string of the molecule is CC(CCCS(=O)(=O)C(C)O)N=C1CCCCC1. The van der Waals surface area contributed by atoms with E-state index >= 15 is 0 Å². The molecule has 4 nitrogen and oxygen atoms in total. The summed E-state index contributed by atoms with van der Waals surface area (Å²) in [5, 5.41) is 9.09. The van der Waals surface area contributed by atoms with E-state index < -0.39 is 15.3 Å². The minimum atomic E-state index is -3.32. The molecule has 1 aliphatic carbocycles. The van der Waals surface area contributed by atoms with Gasteiger partial charge in [0.1, 0.15) is 0 Å². The number of aliphatic imine (C=N–C) groups is 1. The summed E-state index contributed by atoms with van der Waals surface area (Å²) in [4.78, 5) is 4.66. The third-order valence-corrected chi connectivity index (χ3v) is 5.30. The Kier molecular flexibility index (Phi) is 6.29. The maximum Gasteiger partial charge on any atom is 0.176 e. The molecule has 0 aromatic heterocycles. The highest BCUT2D eigenvalue weighted by Crippen LogP contribution is 2.16. The number of aliphatic hydroxyl groups is 1. The molecule has 106 valence electrons. The van der Waals surface area contributed by atoms with Gasteiger partial charge in [-0.3, -0.25) is 4.99 Å². The third kappa shape index (κ3) is 5.48. The van der Waals surface area contributed by atoms with Crippen molar-refractivity contribution in [3.63, 3.8) is 0 Å². The molecule has 0 bridgehead atoms. The molecule has 2 atom stereocenters. The van der Waals surface area contributed by atoms with Gasteiger partial charge in [0.2, 0.25) is 0 Å². The lowest BCUT2D eigenvalue weighted by molar-refractivity contribution is 0.268. The van der Waals surface area contributed by atoms with E-state index in [0.717, 1.165) is 19.3 Å². The molecule has 0 spiro atoms. The van der Waals surface area contributed by atoms with Gasteiger partial charge < -0.3 is 5.11 Å². The topological polar surface area (TPSA) is 66.7 Å². The number of aliphatic hydroxyl groups excluding tert-OH is 1. The molecule has 1 rings (SSSR count). The Labute approximate surface area is 110 Å². The van der Waals surface area contributed by atoms with Crippen LogP contribution in [0.25, 0.3) is 0 Å². The Balaban J connectivity index is 2.31. The lowest BCUT2D eigenvalue weighted by atomic mass is 9.98. The van der Waals surface area contributed by atoms with Crippen LogP contribution in [0.5, 0.6) is 0 Å². The van der Waals surface area contributed by atoms with Crippen molar-refractivity contribution in [3.8, 4) is 0 Å². The van der Waals surface area contributed by atoms with Crippen molar-refractivity contribution < 1.29 is 13.5 Å². The van der Waals surface area contributed by atoms with Crippen LogP contribution in [-0.4, -0.2) is 36.5 Å². The molecular formula is C13H25NO3S. The summed E-state index contributed by atoms with van der Waals surface area (Å²) in [7, 11) is -3.32. The first-order valence-corrected chi connectivity index (χ1v) is 8.58. The molecule has 1 N–H and O–H groups in total. The summed E-state index contributed by atoms with van der Waals surface area (Å²) in [6.45, 7) is 3.34. The summed E-state index contributed by atoms with van der Waals surface area (Å²) in [6.07, 6.45) is 7.34.